The number of esters is 1. The maximum atomic E-state index is 12.5. The van der Waals surface area contributed by atoms with Gasteiger partial charge in [-0.15, -0.1) is 0 Å². The lowest BCUT2D eigenvalue weighted by atomic mass is 10.1. The molecule has 1 N–H and O–H groups in total. The molecule has 3 rings (SSSR count). The van der Waals surface area contributed by atoms with Crippen LogP contribution in [-0.4, -0.2) is 35.1 Å². The molecule has 0 aliphatic carbocycles. The molecule has 2 aromatic carbocycles. The second kappa shape index (κ2) is 7.53. The maximum absolute atomic E-state index is 12.5. The quantitative estimate of drug-likeness (QED) is 0.695. The third kappa shape index (κ3) is 3.52. The van der Waals surface area contributed by atoms with E-state index in [-0.39, 0.29) is 17.2 Å². The Morgan fingerprint density at radius 1 is 1.19 bits per heavy atom. The molecule has 3 aromatic rings. The fraction of sp³-hybridized carbons (Fsp3) is 0.211. The van der Waals surface area contributed by atoms with Crippen molar-refractivity contribution in [2.24, 2.45) is 0 Å². The molecule has 0 aliphatic rings. The summed E-state index contributed by atoms with van der Waals surface area (Å²) in [7, 11) is 0. The van der Waals surface area contributed by atoms with Crippen molar-refractivity contribution in [1.82, 2.24) is 4.98 Å². The molecule has 1 heterocycles. The molecular weight excluding hydrogens is 352 g/mol. The molecule has 0 aliphatic heterocycles. The van der Waals surface area contributed by atoms with Crippen LogP contribution in [0.4, 0.5) is 5.13 Å². The number of rotatable bonds is 5. The first-order valence-corrected chi connectivity index (χ1v) is 8.94. The van der Waals surface area contributed by atoms with E-state index in [9.17, 15) is 14.7 Å². The number of hydrogen-bond donors (Lipinski definition) is 1. The van der Waals surface area contributed by atoms with E-state index in [1.54, 1.807) is 19.1 Å². The lowest BCUT2D eigenvalue weighted by Gasteiger charge is -2.17. The molecule has 7 heteroatoms. The molecule has 1 amide bonds. The van der Waals surface area contributed by atoms with Crippen molar-refractivity contribution in [3.63, 3.8) is 0 Å². The molecule has 0 unspecified atom stereocenters. The number of likely N-dealkylation sites (N-methyl/N-ethyl adjacent to an activating group) is 1. The highest BCUT2D eigenvalue weighted by molar-refractivity contribution is 7.22. The van der Waals surface area contributed by atoms with Gasteiger partial charge in [-0.1, -0.05) is 35.6 Å². The molecule has 1 aromatic heterocycles. The molecule has 6 nitrogen and oxygen atoms in total. The van der Waals surface area contributed by atoms with Gasteiger partial charge in [-0.25, -0.2) is 9.78 Å². The minimum atomic E-state index is -0.736. The van der Waals surface area contributed by atoms with Crippen LogP contribution in [0.25, 0.3) is 10.2 Å². The van der Waals surface area contributed by atoms with Crippen LogP contribution in [0.15, 0.2) is 42.5 Å². The zero-order valence-corrected chi connectivity index (χ0v) is 15.2. The summed E-state index contributed by atoms with van der Waals surface area (Å²) >= 11 is 1.41. The van der Waals surface area contributed by atoms with E-state index in [2.05, 4.69) is 4.98 Å². The zero-order chi connectivity index (χ0) is 18.7. The Morgan fingerprint density at radius 3 is 2.69 bits per heavy atom. The van der Waals surface area contributed by atoms with Crippen molar-refractivity contribution in [3.05, 3.63) is 53.6 Å². The summed E-state index contributed by atoms with van der Waals surface area (Å²) in [5, 5.41) is 10.5. The number of hydrogen-bond acceptors (Lipinski definition) is 6. The topological polar surface area (TPSA) is 79.7 Å². The maximum Gasteiger partial charge on any atom is 0.342 e. The van der Waals surface area contributed by atoms with E-state index < -0.39 is 12.6 Å². The summed E-state index contributed by atoms with van der Waals surface area (Å²) in [6.45, 7) is 3.50. The molecule has 0 fully saturated rings. The number of ether oxygens (including phenoxy) is 1. The van der Waals surface area contributed by atoms with Crippen LogP contribution in [0.3, 0.4) is 0 Å². The highest BCUT2D eigenvalue weighted by Crippen LogP contribution is 2.28. The predicted molar refractivity (Wildman–Crippen MR) is 101 cm³/mol. The average Bonchev–Trinajstić information content (AvgIpc) is 3.06. The number of phenols is 1. The molecule has 0 saturated heterocycles. The van der Waals surface area contributed by atoms with E-state index in [1.807, 2.05) is 31.2 Å². The predicted octanol–water partition coefficient (Wildman–Crippen LogP) is 3.52. The first-order chi connectivity index (χ1) is 12.5. The van der Waals surface area contributed by atoms with Gasteiger partial charge in [0.1, 0.15) is 11.3 Å². The van der Waals surface area contributed by atoms with Crippen molar-refractivity contribution < 1.29 is 19.4 Å². The smallest absolute Gasteiger partial charge is 0.342 e. The Labute approximate surface area is 154 Å². The highest BCUT2D eigenvalue weighted by atomic mass is 32.1. The Hall–Kier alpha value is -2.93. The second-order valence-electron chi connectivity index (χ2n) is 5.65. The number of aryl methyl sites for hydroxylation is 1. The number of aromatic nitrogens is 1. The summed E-state index contributed by atoms with van der Waals surface area (Å²) in [5.41, 5.74) is 1.43. The largest absolute Gasteiger partial charge is 0.507 e. The van der Waals surface area contributed by atoms with E-state index in [0.717, 1.165) is 10.2 Å². The van der Waals surface area contributed by atoms with Crippen molar-refractivity contribution in [3.8, 4) is 5.75 Å². The lowest BCUT2D eigenvalue weighted by molar-refractivity contribution is -0.121. The highest BCUT2D eigenvalue weighted by Gasteiger charge is 2.21. The van der Waals surface area contributed by atoms with Crippen LogP contribution in [0.5, 0.6) is 5.75 Å². The SMILES string of the molecule is CCN(C(=O)COC(=O)c1cccc(C)c1O)c1nc2ccccc2s1. The number of aromatic hydroxyl groups is 1. The first kappa shape index (κ1) is 17.9. The van der Waals surface area contributed by atoms with E-state index in [4.69, 9.17) is 4.74 Å². The van der Waals surface area contributed by atoms with Crippen molar-refractivity contribution in [2.75, 3.05) is 18.1 Å². The normalized spacial score (nSPS) is 10.7. The van der Waals surface area contributed by atoms with Crippen LogP contribution in [0, 0.1) is 6.92 Å². The number of nitrogens with zero attached hydrogens (tertiary/aromatic N) is 2. The number of phenolic OH excluding ortho intramolecular Hbond substituents is 1. The lowest BCUT2D eigenvalue weighted by Crippen LogP contribution is -2.34. The summed E-state index contributed by atoms with van der Waals surface area (Å²) in [4.78, 5) is 30.6. The Kier molecular flexibility index (Phi) is 5.18. The second-order valence-corrected chi connectivity index (χ2v) is 6.66. The molecule has 0 bridgehead atoms. The summed E-state index contributed by atoms with van der Waals surface area (Å²) in [6, 6.07) is 12.4. The number of benzene rings is 2. The summed E-state index contributed by atoms with van der Waals surface area (Å²) in [5.74, 6) is -1.24. The van der Waals surface area contributed by atoms with Gasteiger partial charge >= 0.3 is 5.97 Å². The van der Waals surface area contributed by atoms with E-state index in [0.29, 0.717) is 17.2 Å². The standard InChI is InChI=1S/C19H18N2O4S/c1-3-21(19-20-14-9-4-5-10-15(14)26-19)16(22)11-25-18(24)13-8-6-7-12(2)17(13)23/h4-10,23H,3,11H2,1-2H3. The third-order valence-corrected chi connectivity index (χ3v) is 4.97. The Bertz CT molecular complexity index is 934. The van der Waals surface area contributed by atoms with Crippen LogP contribution in [0.1, 0.15) is 22.8 Å². The number of carbonyl (C=O) groups is 2. The van der Waals surface area contributed by atoms with Gasteiger partial charge in [0.05, 0.1) is 10.2 Å². The molecule has 26 heavy (non-hydrogen) atoms. The number of carbonyl (C=O) groups excluding carboxylic acids is 2. The van der Waals surface area contributed by atoms with Crippen LogP contribution >= 0.6 is 11.3 Å². The third-order valence-electron chi connectivity index (χ3n) is 3.92. The molecule has 134 valence electrons. The summed E-state index contributed by atoms with van der Waals surface area (Å²) < 4.78 is 6.07. The molecule has 0 saturated carbocycles. The van der Waals surface area contributed by atoms with Gasteiger partial charge in [-0.05, 0) is 37.6 Å². The number of amides is 1. The van der Waals surface area contributed by atoms with Gasteiger partial charge in [-0.2, -0.15) is 0 Å². The van der Waals surface area contributed by atoms with E-state index in [1.165, 1.54) is 22.3 Å². The van der Waals surface area contributed by atoms with Gasteiger partial charge in [0.2, 0.25) is 0 Å². The van der Waals surface area contributed by atoms with E-state index >= 15 is 0 Å². The summed E-state index contributed by atoms with van der Waals surface area (Å²) in [6.07, 6.45) is 0. The van der Waals surface area contributed by atoms with Crippen molar-refractivity contribution in [2.45, 2.75) is 13.8 Å². The number of fused-ring (bicyclic) bond motifs is 1. The number of para-hydroxylation sites is 2. The van der Waals surface area contributed by atoms with Crippen LogP contribution in [0.2, 0.25) is 0 Å². The van der Waals surface area contributed by atoms with Gasteiger partial charge in [-0.3, -0.25) is 9.69 Å². The molecular formula is C19H18N2O4S. The first-order valence-electron chi connectivity index (χ1n) is 8.13. The monoisotopic (exact) mass is 370 g/mol. The Balaban J connectivity index is 1.71. The number of thiazole rings is 1. The van der Waals surface area contributed by atoms with Gasteiger partial charge in [0.25, 0.3) is 5.91 Å². The average molecular weight is 370 g/mol. The zero-order valence-electron chi connectivity index (χ0n) is 14.4. The minimum Gasteiger partial charge on any atom is -0.507 e. The van der Waals surface area contributed by atoms with Crippen molar-refractivity contribution in [1.29, 1.82) is 0 Å². The van der Waals surface area contributed by atoms with Gasteiger partial charge < -0.3 is 9.84 Å². The van der Waals surface area contributed by atoms with Gasteiger partial charge in [0.15, 0.2) is 11.7 Å². The Morgan fingerprint density at radius 2 is 1.96 bits per heavy atom. The van der Waals surface area contributed by atoms with Crippen molar-refractivity contribution >= 4 is 38.6 Å². The molecule has 0 atom stereocenters. The van der Waals surface area contributed by atoms with Crippen LogP contribution < -0.4 is 4.90 Å². The van der Waals surface area contributed by atoms with Gasteiger partial charge in [0, 0.05) is 6.54 Å². The fourth-order valence-electron chi connectivity index (χ4n) is 2.50. The fourth-order valence-corrected chi connectivity index (χ4v) is 3.55. The van der Waals surface area contributed by atoms with Crippen LogP contribution in [-0.2, 0) is 9.53 Å². The molecule has 0 radical (unpaired) electrons. The molecule has 0 spiro atoms. The number of anilines is 1. The minimum absolute atomic E-state index is 0.0424.